The van der Waals surface area contributed by atoms with Crippen molar-refractivity contribution in [2.24, 2.45) is 16.8 Å². The largest absolute Gasteiger partial charge is 0.316 e. The molecule has 1 aromatic carbocycles. The Morgan fingerprint density at radius 1 is 1.18 bits per heavy atom. The minimum atomic E-state index is -2.88. The van der Waals surface area contributed by atoms with Crippen molar-refractivity contribution in [3.8, 4) is 0 Å². The summed E-state index contributed by atoms with van der Waals surface area (Å²) in [6.45, 7) is 2.46. The van der Waals surface area contributed by atoms with Crippen LogP contribution in [0.2, 0.25) is 0 Å². The highest BCUT2D eigenvalue weighted by Gasteiger charge is 2.41. The molecule has 0 amide bonds. The lowest BCUT2D eigenvalue weighted by molar-refractivity contribution is 0.498. The van der Waals surface area contributed by atoms with E-state index in [-0.39, 0.29) is 5.92 Å². The van der Waals surface area contributed by atoms with Gasteiger partial charge in [0.15, 0.2) is 0 Å². The minimum absolute atomic E-state index is 0.195. The number of hydrogen-bond acceptors (Lipinski definition) is 4. The van der Waals surface area contributed by atoms with Crippen LogP contribution in [0.5, 0.6) is 0 Å². The van der Waals surface area contributed by atoms with Gasteiger partial charge in [-0.25, -0.2) is 0 Å². The van der Waals surface area contributed by atoms with E-state index in [1.807, 2.05) is 18.2 Å². The third-order valence-electron chi connectivity index (χ3n) is 3.50. The average molecular weight is 252 g/mol. The van der Waals surface area contributed by atoms with Crippen LogP contribution in [0.1, 0.15) is 0 Å². The Hall–Kier alpha value is -0.880. The van der Waals surface area contributed by atoms with Crippen LogP contribution >= 0.6 is 10.6 Å². The molecule has 2 atom stereocenters. The Balaban J connectivity index is 1.93. The molecule has 0 radical (unpaired) electrons. The van der Waals surface area contributed by atoms with E-state index in [0.29, 0.717) is 15.9 Å². The van der Waals surface area contributed by atoms with Crippen molar-refractivity contribution in [1.82, 2.24) is 5.32 Å². The maximum Gasteiger partial charge on any atom is 0.128 e. The van der Waals surface area contributed by atoms with Crippen LogP contribution in [-0.4, -0.2) is 33.8 Å². The SMILES string of the molecule is OS(O)(C1=NCC2CNCC12)c1ccccc1. The average Bonchev–Trinajstić information content (AvgIpc) is 2.91. The highest BCUT2D eigenvalue weighted by Crippen LogP contribution is 2.54. The summed E-state index contributed by atoms with van der Waals surface area (Å²) in [5.74, 6) is 0.639. The van der Waals surface area contributed by atoms with Crippen LogP contribution in [0.3, 0.4) is 0 Å². The van der Waals surface area contributed by atoms with Crippen LogP contribution in [0.4, 0.5) is 0 Å². The third-order valence-corrected chi connectivity index (χ3v) is 5.45. The molecule has 3 N–H and O–H groups in total. The number of rotatable bonds is 1. The molecule has 0 bridgehead atoms. The summed E-state index contributed by atoms with van der Waals surface area (Å²) < 4.78 is 20.8. The second-order valence-electron chi connectivity index (χ2n) is 4.57. The molecule has 3 rings (SSSR count). The van der Waals surface area contributed by atoms with Gasteiger partial charge in [0.1, 0.15) is 5.04 Å². The summed E-state index contributed by atoms with van der Waals surface area (Å²) in [6, 6.07) is 9.03. The van der Waals surface area contributed by atoms with E-state index in [9.17, 15) is 9.11 Å². The van der Waals surface area contributed by atoms with Gasteiger partial charge in [0.25, 0.3) is 0 Å². The zero-order chi connectivity index (χ0) is 11.9. The first-order valence-corrected chi connectivity index (χ1v) is 7.32. The van der Waals surface area contributed by atoms with Crippen LogP contribution in [0.25, 0.3) is 0 Å². The molecule has 2 aliphatic rings. The van der Waals surface area contributed by atoms with Gasteiger partial charge in [-0.2, -0.15) is 0 Å². The molecular formula is C12H16N2O2S. The third kappa shape index (κ3) is 1.79. The number of nitrogens with one attached hydrogen (secondary N) is 1. The standard InChI is InChI=1S/C12H16N2O2S/c15-17(16,10-4-2-1-3-5-10)12-11-8-13-6-9(11)7-14-12/h1-5,9,11,13,15-16H,6-8H2. The van der Waals surface area contributed by atoms with Gasteiger partial charge in [-0.3, -0.25) is 14.1 Å². The fourth-order valence-electron chi connectivity index (χ4n) is 2.57. The molecule has 4 nitrogen and oxygen atoms in total. The van der Waals surface area contributed by atoms with Crippen molar-refractivity contribution >= 4 is 15.6 Å². The van der Waals surface area contributed by atoms with Gasteiger partial charge in [-0.1, -0.05) is 18.2 Å². The number of hydrogen-bond donors (Lipinski definition) is 3. The zero-order valence-electron chi connectivity index (χ0n) is 9.41. The van der Waals surface area contributed by atoms with Crippen LogP contribution in [-0.2, 0) is 0 Å². The van der Waals surface area contributed by atoms with Gasteiger partial charge in [-0.05, 0) is 12.1 Å². The van der Waals surface area contributed by atoms with Gasteiger partial charge in [0, 0.05) is 31.5 Å². The summed E-state index contributed by atoms with van der Waals surface area (Å²) in [5.41, 5.74) is 0. The molecule has 0 spiro atoms. The minimum Gasteiger partial charge on any atom is -0.316 e. The molecule has 0 aromatic heterocycles. The maximum absolute atomic E-state index is 10.4. The van der Waals surface area contributed by atoms with Crippen molar-refractivity contribution < 1.29 is 9.11 Å². The smallest absolute Gasteiger partial charge is 0.128 e. The molecule has 0 saturated carbocycles. The number of nitrogens with zero attached hydrogens (tertiary/aromatic N) is 1. The Labute approximate surface area is 102 Å². The summed E-state index contributed by atoms with van der Waals surface area (Å²) in [4.78, 5) is 4.96. The predicted octanol–water partition coefficient (Wildman–Crippen LogP) is 2.04. The normalized spacial score (nSPS) is 28.9. The molecule has 1 fully saturated rings. The van der Waals surface area contributed by atoms with E-state index in [0.717, 1.165) is 19.6 Å². The Bertz CT molecular complexity index is 447. The van der Waals surface area contributed by atoms with E-state index < -0.39 is 10.6 Å². The Morgan fingerprint density at radius 3 is 2.71 bits per heavy atom. The highest BCUT2D eigenvalue weighted by atomic mass is 32.3. The second-order valence-corrected chi connectivity index (χ2v) is 6.55. The summed E-state index contributed by atoms with van der Waals surface area (Å²) in [7, 11) is -2.88. The highest BCUT2D eigenvalue weighted by molar-refractivity contribution is 8.37. The Kier molecular flexibility index (Phi) is 2.71. The fraction of sp³-hybridized carbons (Fsp3) is 0.417. The van der Waals surface area contributed by atoms with E-state index >= 15 is 0 Å². The molecule has 5 heteroatoms. The first kappa shape index (κ1) is 11.2. The topological polar surface area (TPSA) is 64.8 Å². The Morgan fingerprint density at radius 2 is 1.94 bits per heavy atom. The van der Waals surface area contributed by atoms with Gasteiger partial charge in [0.2, 0.25) is 0 Å². The van der Waals surface area contributed by atoms with Gasteiger partial charge in [0.05, 0.1) is 4.90 Å². The molecule has 17 heavy (non-hydrogen) atoms. The number of fused-ring (bicyclic) bond motifs is 1. The molecular weight excluding hydrogens is 236 g/mol. The number of benzene rings is 1. The lowest BCUT2D eigenvalue weighted by Crippen LogP contribution is -2.23. The van der Waals surface area contributed by atoms with E-state index in [1.165, 1.54) is 0 Å². The van der Waals surface area contributed by atoms with Gasteiger partial charge < -0.3 is 5.32 Å². The summed E-state index contributed by atoms with van der Waals surface area (Å²) in [5, 5.41) is 3.88. The quantitative estimate of drug-likeness (QED) is 0.716. The maximum atomic E-state index is 10.4. The van der Waals surface area contributed by atoms with Crippen molar-refractivity contribution in [3.63, 3.8) is 0 Å². The van der Waals surface area contributed by atoms with Crippen LogP contribution in [0.15, 0.2) is 40.2 Å². The summed E-state index contributed by atoms with van der Waals surface area (Å²) in [6.07, 6.45) is 0. The van der Waals surface area contributed by atoms with Crippen molar-refractivity contribution in [2.75, 3.05) is 19.6 Å². The first-order chi connectivity index (χ1) is 8.19. The zero-order valence-corrected chi connectivity index (χ0v) is 10.2. The lowest BCUT2D eigenvalue weighted by Gasteiger charge is -2.34. The molecule has 92 valence electrons. The van der Waals surface area contributed by atoms with E-state index in [4.69, 9.17) is 0 Å². The van der Waals surface area contributed by atoms with Gasteiger partial charge in [-0.15, -0.1) is 10.6 Å². The second kappa shape index (κ2) is 4.10. The molecule has 1 saturated heterocycles. The molecule has 2 unspecified atom stereocenters. The molecule has 2 aliphatic heterocycles. The molecule has 1 aromatic rings. The van der Waals surface area contributed by atoms with E-state index in [1.54, 1.807) is 12.1 Å². The van der Waals surface area contributed by atoms with Crippen molar-refractivity contribution in [3.05, 3.63) is 30.3 Å². The van der Waals surface area contributed by atoms with Crippen molar-refractivity contribution in [2.45, 2.75) is 4.90 Å². The van der Waals surface area contributed by atoms with E-state index in [2.05, 4.69) is 10.3 Å². The van der Waals surface area contributed by atoms with Crippen LogP contribution < -0.4 is 5.32 Å². The lowest BCUT2D eigenvalue weighted by atomic mass is 10.0. The number of aliphatic imine (C=N–C) groups is 1. The predicted molar refractivity (Wildman–Crippen MR) is 69.7 cm³/mol. The molecule has 2 heterocycles. The van der Waals surface area contributed by atoms with Crippen LogP contribution in [0, 0.1) is 11.8 Å². The summed E-state index contributed by atoms with van der Waals surface area (Å²) >= 11 is 0. The first-order valence-electron chi connectivity index (χ1n) is 5.78. The monoisotopic (exact) mass is 252 g/mol. The van der Waals surface area contributed by atoms with Gasteiger partial charge >= 0.3 is 0 Å². The fourth-order valence-corrected chi connectivity index (χ4v) is 4.30. The molecule has 0 aliphatic carbocycles. The van der Waals surface area contributed by atoms with Crippen molar-refractivity contribution in [1.29, 1.82) is 0 Å².